The van der Waals surface area contributed by atoms with Gasteiger partial charge in [-0.3, -0.25) is 14.9 Å². The van der Waals surface area contributed by atoms with E-state index >= 15 is 0 Å². The number of hydrogen-bond acceptors (Lipinski definition) is 7. The van der Waals surface area contributed by atoms with Crippen LogP contribution in [0.5, 0.6) is 5.75 Å². The number of amides is 1. The first kappa shape index (κ1) is 22.5. The quantitative estimate of drug-likeness (QED) is 0.187. The molecular formula is C27H18N4O5. The van der Waals surface area contributed by atoms with Gasteiger partial charge in [0.25, 0.3) is 11.6 Å². The average molecular weight is 478 g/mol. The normalized spacial score (nSPS) is 11.1. The Morgan fingerprint density at radius 3 is 2.58 bits per heavy atom. The molecule has 2 aromatic heterocycles. The van der Waals surface area contributed by atoms with Gasteiger partial charge < -0.3 is 9.52 Å². The molecule has 0 aliphatic heterocycles. The standard InChI is InChI=1S/C27H18N4O5/c32-25-12-10-18(31(34)35)14-22(25)26-13-11-19(36-26)16-28-30-27(33)21-15-24(17-6-2-1-3-7-17)29-23-9-5-4-8-20(21)23/h1-16,32H,(H,30,33)/b28-16+. The van der Waals surface area contributed by atoms with E-state index in [0.717, 1.165) is 5.56 Å². The monoisotopic (exact) mass is 478 g/mol. The Bertz CT molecular complexity index is 1630. The van der Waals surface area contributed by atoms with Crippen LogP contribution in [0, 0.1) is 10.1 Å². The van der Waals surface area contributed by atoms with E-state index in [2.05, 4.69) is 15.5 Å². The summed E-state index contributed by atoms with van der Waals surface area (Å²) in [6.45, 7) is 0. The third-order valence-corrected chi connectivity index (χ3v) is 5.47. The van der Waals surface area contributed by atoms with Crippen LogP contribution in [0.3, 0.4) is 0 Å². The number of hydrogen-bond donors (Lipinski definition) is 2. The first-order valence-corrected chi connectivity index (χ1v) is 10.9. The zero-order chi connectivity index (χ0) is 25.1. The van der Waals surface area contributed by atoms with Gasteiger partial charge in [-0.15, -0.1) is 0 Å². The molecule has 0 aliphatic carbocycles. The van der Waals surface area contributed by atoms with Crippen molar-refractivity contribution in [3.05, 3.63) is 112 Å². The lowest BCUT2D eigenvalue weighted by molar-refractivity contribution is -0.384. The molecule has 0 spiro atoms. The molecular weight excluding hydrogens is 460 g/mol. The van der Waals surface area contributed by atoms with Crippen LogP contribution in [0.4, 0.5) is 5.69 Å². The highest BCUT2D eigenvalue weighted by Crippen LogP contribution is 2.33. The molecule has 2 heterocycles. The van der Waals surface area contributed by atoms with E-state index in [1.54, 1.807) is 18.2 Å². The minimum Gasteiger partial charge on any atom is -0.507 e. The van der Waals surface area contributed by atoms with Crippen LogP contribution in [0.15, 0.2) is 101 Å². The number of nitrogens with one attached hydrogen (secondary N) is 1. The third kappa shape index (κ3) is 4.53. The largest absolute Gasteiger partial charge is 0.507 e. The van der Waals surface area contributed by atoms with Crippen LogP contribution in [0.25, 0.3) is 33.5 Å². The van der Waals surface area contributed by atoms with Gasteiger partial charge in [-0.05, 0) is 30.3 Å². The molecule has 0 atom stereocenters. The maximum Gasteiger partial charge on any atom is 0.272 e. The van der Waals surface area contributed by atoms with Crippen molar-refractivity contribution in [2.45, 2.75) is 0 Å². The first-order chi connectivity index (χ1) is 17.5. The number of carbonyl (C=O) groups is 1. The van der Waals surface area contributed by atoms with E-state index in [-0.39, 0.29) is 28.5 Å². The summed E-state index contributed by atoms with van der Waals surface area (Å²) in [4.78, 5) is 28.2. The number of hydrazone groups is 1. The Balaban J connectivity index is 1.39. The molecule has 3 aromatic carbocycles. The summed E-state index contributed by atoms with van der Waals surface area (Å²) in [6.07, 6.45) is 1.30. The summed E-state index contributed by atoms with van der Waals surface area (Å²) < 4.78 is 5.63. The van der Waals surface area contributed by atoms with Gasteiger partial charge in [0.15, 0.2) is 0 Å². The van der Waals surface area contributed by atoms with Gasteiger partial charge in [0.1, 0.15) is 17.3 Å². The first-order valence-electron chi connectivity index (χ1n) is 10.9. The fraction of sp³-hybridized carbons (Fsp3) is 0. The number of nitro benzene ring substituents is 1. The Morgan fingerprint density at radius 1 is 1.00 bits per heavy atom. The number of para-hydroxylation sites is 1. The number of phenolic OH excluding ortho intramolecular Hbond substituents is 1. The molecule has 0 radical (unpaired) electrons. The molecule has 2 N–H and O–H groups in total. The summed E-state index contributed by atoms with van der Waals surface area (Å²) in [7, 11) is 0. The molecule has 9 heteroatoms. The lowest BCUT2D eigenvalue weighted by Crippen LogP contribution is -2.18. The third-order valence-electron chi connectivity index (χ3n) is 5.47. The van der Waals surface area contributed by atoms with E-state index in [1.807, 2.05) is 54.6 Å². The molecule has 176 valence electrons. The Hall–Kier alpha value is -5.31. The van der Waals surface area contributed by atoms with Crippen molar-refractivity contribution >= 4 is 28.7 Å². The number of aromatic hydroxyl groups is 1. The second-order valence-corrected chi connectivity index (χ2v) is 7.80. The molecule has 0 unspecified atom stereocenters. The van der Waals surface area contributed by atoms with Crippen molar-refractivity contribution < 1.29 is 19.2 Å². The highest BCUT2D eigenvalue weighted by atomic mass is 16.6. The van der Waals surface area contributed by atoms with Gasteiger partial charge in [-0.2, -0.15) is 5.10 Å². The van der Waals surface area contributed by atoms with E-state index in [0.29, 0.717) is 22.2 Å². The number of aromatic nitrogens is 1. The maximum absolute atomic E-state index is 13.0. The van der Waals surface area contributed by atoms with Gasteiger partial charge in [0.05, 0.1) is 33.5 Å². The number of carbonyl (C=O) groups excluding carboxylic acids is 1. The zero-order valence-electron chi connectivity index (χ0n) is 18.7. The molecule has 0 saturated carbocycles. The fourth-order valence-electron chi connectivity index (χ4n) is 3.74. The molecule has 0 saturated heterocycles. The minimum absolute atomic E-state index is 0.162. The van der Waals surface area contributed by atoms with Crippen molar-refractivity contribution in [2.24, 2.45) is 5.10 Å². The van der Waals surface area contributed by atoms with Crippen LogP contribution >= 0.6 is 0 Å². The van der Waals surface area contributed by atoms with Gasteiger partial charge in [-0.1, -0.05) is 48.5 Å². The van der Waals surface area contributed by atoms with Crippen LogP contribution in [0.2, 0.25) is 0 Å². The number of pyridine rings is 1. The number of furan rings is 1. The number of non-ortho nitro benzene ring substituents is 1. The summed E-state index contributed by atoms with van der Waals surface area (Å²) in [6, 6.07) is 25.4. The number of benzene rings is 3. The van der Waals surface area contributed by atoms with Crippen LogP contribution in [-0.4, -0.2) is 27.1 Å². The average Bonchev–Trinajstić information content (AvgIpc) is 3.37. The fourth-order valence-corrected chi connectivity index (χ4v) is 3.74. The SMILES string of the molecule is O=C(N/N=C/c1ccc(-c2cc([N+](=O)[O-])ccc2O)o1)c1cc(-c2ccccc2)nc2ccccc12. The molecule has 5 aromatic rings. The molecule has 0 fully saturated rings. The summed E-state index contributed by atoms with van der Waals surface area (Å²) in [5, 5.41) is 25.8. The van der Waals surface area contributed by atoms with Crippen molar-refractivity contribution in [1.29, 1.82) is 0 Å². The topological polar surface area (TPSA) is 131 Å². The van der Waals surface area contributed by atoms with Crippen molar-refractivity contribution in [3.8, 4) is 28.3 Å². The zero-order valence-corrected chi connectivity index (χ0v) is 18.7. The predicted octanol–water partition coefficient (Wildman–Crippen LogP) is 5.54. The molecule has 9 nitrogen and oxygen atoms in total. The molecule has 5 rings (SSSR count). The summed E-state index contributed by atoms with van der Waals surface area (Å²) in [5.41, 5.74) is 5.14. The van der Waals surface area contributed by atoms with E-state index in [1.165, 1.54) is 24.4 Å². The highest BCUT2D eigenvalue weighted by molar-refractivity contribution is 6.07. The Kier molecular flexibility index (Phi) is 5.94. The van der Waals surface area contributed by atoms with E-state index in [9.17, 15) is 20.0 Å². The van der Waals surface area contributed by atoms with Crippen LogP contribution in [-0.2, 0) is 0 Å². The molecule has 0 bridgehead atoms. The number of nitrogens with zero attached hydrogens (tertiary/aromatic N) is 3. The van der Waals surface area contributed by atoms with Gasteiger partial charge >= 0.3 is 0 Å². The lowest BCUT2D eigenvalue weighted by atomic mass is 10.0. The van der Waals surface area contributed by atoms with Gasteiger partial charge in [0, 0.05) is 23.1 Å². The molecule has 36 heavy (non-hydrogen) atoms. The Morgan fingerprint density at radius 2 is 1.78 bits per heavy atom. The minimum atomic E-state index is -0.560. The lowest BCUT2D eigenvalue weighted by Gasteiger charge is -2.09. The summed E-state index contributed by atoms with van der Waals surface area (Å²) >= 11 is 0. The molecule has 0 aliphatic rings. The Labute approximate surface area is 204 Å². The number of rotatable bonds is 6. The van der Waals surface area contributed by atoms with E-state index in [4.69, 9.17) is 4.42 Å². The summed E-state index contributed by atoms with van der Waals surface area (Å²) in [5.74, 6) is -0.0898. The number of nitro groups is 1. The second kappa shape index (κ2) is 9.51. The van der Waals surface area contributed by atoms with E-state index < -0.39 is 10.8 Å². The smallest absolute Gasteiger partial charge is 0.272 e. The van der Waals surface area contributed by atoms with Crippen molar-refractivity contribution in [2.75, 3.05) is 0 Å². The van der Waals surface area contributed by atoms with Gasteiger partial charge in [0.2, 0.25) is 0 Å². The molecule has 1 amide bonds. The second-order valence-electron chi connectivity index (χ2n) is 7.80. The van der Waals surface area contributed by atoms with Crippen molar-refractivity contribution in [3.63, 3.8) is 0 Å². The number of phenols is 1. The number of fused-ring (bicyclic) bond motifs is 1. The highest BCUT2D eigenvalue weighted by Gasteiger charge is 2.16. The van der Waals surface area contributed by atoms with Crippen molar-refractivity contribution in [1.82, 2.24) is 10.4 Å². The van der Waals surface area contributed by atoms with Gasteiger partial charge in [-0.25, -0.2) is 10.4 Å². The predicted molar refractivity (Wildman–Crippen MR) is 135 cm³/mol. The van der Waals surface area contributed by atoms with Crippen LogP contribution < -0.4 is 5.43 Å². The maximum atomic E-state index is 13.0. The van der Waals surface area contributed by atoms with Crippen LogP contribution in [0.1, 0.15) is 16.1 Å².